The molecule has 0 radical (unpaired) electrons. The maximum Gasteiger partial charge on any atom is 0.250 e. The van der Waals surface area contributed by atoms with Gasteiger partial charge in [-0.05, 0) is 91.4 Å². The van der Waals surface area contributed by atoms with Gasteiger partial charge in [0, 0.05) is 22.3 Å². The van der Waals surface area contributed by atoms with Crippen molar-refractivity contribution >= 4 is 80.9 Å². The number of nitrogens with zero attached hydrogens (tertiary/aromatic N) is 1. The van der Waals surface area contributed by atoms with E-state index in [1.165, 1.54) is 12.2 Å². The van der Waals surface area contributed by atoms with Crippen LogP contribution in [0.2, 0.25) is 15.1 Å². The number of nitrogens with one attached hydrogen (secondary N) is 2. The fraction of sp³-hybridized carbons (Fsp3) is 0.0357. The molecule has 10 heteroatoms. The van der Waals surface area contributed by atoms with Crippen LogP contribution in [0.1, 0.15) is 11.3 Å². The van der Waals surface area contributed by atoms with Crippen LogP contribution in [0.25, 0.3) is 40.0 Å². The van der Waals surface area contributed by atoms with Crippen molar-refractivity contribution in [1.82, 2.24) is 10.3 Å². The van der Waals surface area contributed by atoms with Crippen LogP contribution in [0.4, 0.5) is 5.69 Å². The van der Waals surface area contributed by atoms with E-state index in [0.717, 1.165) is 11.1 Å². The zero-order chi connectivity index (χ0) is 26.8. The van der Waals surface area contributed by atoms with Crippen LogP contribution >= 0.6 is 47.0 Å². The lowest BCUT2D eigenvalue weighted by Crippen LogP contribution is -2.32. The van der Waals surface area contributed by atoms with Crippen LogP contribution in [-0.4, -0.2) is 16.0 Å². The number of amides is 1. The highest BCUT2D eigenvalue weighted by molar-refractivity contribution is 7.80. The van der Waals surface area contributed by atoms with Gasteiger partial charge >= 0.3 is 0 Å². The fourth-order valence-electron chi connectivity index (χ4n) is 3.67. The first kappa shape index (κ1) is 26.0. The minimum atomic E-state index is -0.437. The van der Waals surface area contributed by atoms with E-state index >= 15 is 0 Å². The number of rotatable bonds is 5. The average Bonchev–Trinajstić information content (AvgIpc) is 3.50. The molecule has 0 bridgehead atoms. The average molecular weight is 583 g/mol. The molecule has 38 heavy (non-hydrogen) atoms. The van der Waals surface area contributed by atoms with E-state index in [1.807, 2.05) is 25.1 Å². The summed E-state index contributed by atoms with van der Waals surface area (Å²) in [6.07, 6.45) is 2.84. The van der Waals surface area contributed by atoms with Crippen LogP contribution in [-0.2, 0) is 4.79 Å². The summed E-state index contributed by atoms with van der Waals surface area (Å²) in [4.78, 5) is 16.9. The first-order valence-corrected chi connectivity index (χ1v) is 12.8. The molecule has 0 fully saturated rings. The molecule has 0 unspecified atom stereocenters. The Labute approximate surface area is 238 Å². The fourth-order valence-corrected chi connectivity index (χ4v) is 4.59. The van der Waals surface area contributed by atoms with Gasteiger partial charge in [-0.2, -0.15) is 0 Å². The molecule has 2 heterocycles. The molecule has 2 N–H and O–H groups in total. The Morgan fingerprint density at radius 2 is 1.76 bits per heavy atom. The van der Waals surface area contributed by atoms with Crippen LogP contribution in [0.15, 0.2) is 81.6 Å². The number of aryl methyl sites for hydroxylation is 1. The van der Waals surface area contributed by atoms with Crippen molar-refractivity contribution < 1.29 is 13.6 Å². The molecule has 0 atom stereocenters. The molecule has 5 aromatic rings. The van der Waals surface area contributed by atoms with Crippen LogP contribution < -0.4 is 10.6 Å². The summed E-state index contributed by atoms with van der Waals surface area (Å²) in [5.74, 6) is 0.968. The van der Waals surface area contributed by atoms with Crippen molar-refractivity contribution in [3.8, 4) is 22.8 Å². The number of fused-ring (bicyclic) bond motifs is 1. The lowest BCUT2D eigenvalue weighted by Gasteiger charge is -2.09. The predicted octanol–water partition coefficient (Wildman–Crippen LogP) is 8.55. The van der Waals surface area contributed by atoms with E-state index in [-0.39, 0.29) is 5.11 Å². The molecule has 0 saturated carbocycles. The topological polar surface area (TPSA) is 80.3 Å². The van der Waals surface area contributed by atoms with Gasteiger partial charge in [0.2, 0.25) is 11.8 Å². The molecule has 3 aromatic carbocycles. The van der Waals surface area contributed by atoms with E-state index in [1.54, 1.807) is 48.5 Å². The number of benzene rings is 3. The highest BCUT2D eigenvalue weighted by Gasteiger charge is 2.14. The number of oxazole rings is 1. The Morgan fingerprint density at radius 3 is 2.58 bits per heavy atom. The second kappa shape index (κ2) is 11.0. The van der Waals surface area contributed by atoms with Gasteiger partial charge in [0.25, 0.3) is 0 Å². The molecule has 2 aromatic heterocycles. The smallest absolute Gasteiger partial charge is 0.250 e. The third-order valence-electron chi connectivity index (χ3n) is 5.46. The van der Waals surface area contributed by atoms with Gasteiger partial charge in [-0.1, -0.05) is 40.9 Å². The molecule has 5 rings (SSSR count). The van der Waals surface area contributed by atoms with Gasteiger partial charge < -0.3 is 14.2 Å². The first-order chi connectivity index (χ1) is 18.2. The molecule has 1 amide bonds. The predicted molar refractivity (Wildman–Crippen MR) is 157 cm³/mol. The van der Waals surface area contributed by atoms with Gasteiger partial charge in [0.1, 0.15) is 17.0 Å². The van der Waals surface area contributed by atoms with Crippen LogP contribution in [0, 0.1) is 6.92 Å². The maximum absolute atomic E-state index is 12.4. The van der Waals surface area contributed by atoms with Gasteiger partial charge in [-0.3, -0.25) is 10.1 Å². The second-order valence-corrected chi connectivity index (χ2v) is 9.95. The van der Waals surface area contributed by atoms with Gasteiger partial charge in [-0.15, -0.1) is 0 Å². The number of hydrogen-bond acceptors (Lipinski definition) is 5. The summed E-state index contributed by atoms with van der Waals surface area (Å²) in [6.45, 7) is 1.99. The highest BCUT2D eigenvalue weighted by atomic mass is 35.5. The molecule has 0 spiro atoms. The molecule has 0 aliphatic heterocycles. The Morgan fingerprint density at radius 1 is 0.921 bits per heavy atom. The maximum atomic E-state index is 12.4. The van der Waals surface area contributed by atoms with Crippen molar-refractivity contribution in [1.29, 1.82) is 0 Å². The van der Waals surface area contributed by atoms with E-state index in [0.29, 0.717) is 54.9 Å². The van der Waals surface area contributed by atoms with E-state index < -0.39 is 5.91 Å². The zero-order valence-electron chi connectivity index (χ0n) is 19.7. The van der Waals surface area contributed by atoms with Crippen LogP contribution in [0.3, 0.4) is 0 Å². The quantitative estimate of drug-likeness (QED) is 0.160. The summed E-state index contributed by atoms with van der Waals surface area (Å²) >= 11 is 23.9. The van der Waals surface area contributed by atoms with Crippen molar-refractivity contribution in [2.45, 2.75) is 6.92 Å². The number of carbonyl (C=O) groups is 1. The van der Waals surface area contributed by atoms with Crippen molar-refractivity contribution in [2.24, 2.45) is 0 Å². The molecule has 6 nitrogen and oxygen atoms in total. The monoisotopic (exact) mass is 581 g/mol. The summed E-state index contributed by atoms with van der Waals surface area (Å²) < 4.78 is 11.6. The van der Waals surface area contributed by atoms with E-state index in [4.69, 9.17) is 55.9 Å². The van der Waals surface area contributed by atoms with Gasteiger partial charge in [0.05, 0.1) is 15.6 Å². The summed E-state index contributed by atoms with van der Waals surface area (Å²) in [6, 6.07) is 19.5. The Kier molecular flexibility index (Phi) is 7.53. The molecule has 0 aliphatic carbocycles. The Hall–Kier alpha value is -3.62. The van der Waals surface area contributed by atoms with Crippen LogP contribution in [0.5, 0.6) is 0 Å². The third kappa shape index (κ3) is 5.92. The van der Waals surface area contributed by atoms with Crippen molar-refractivity contribution in [3.63, 3.8) is 0 Å². The lowest BCUT2D eigenvalue weighted by atomic mass is 10.2. The third-order valence-corrected chi connectivity index (χ3v) is 6.54. The normalized spacial score (nSPS) is 11.3. The summed E-state index contributed by atoms with van der Waals surface area (Å²) in [7, 11) is 0. The number of anilines is 1. The molecule has 190 valence electrons. The minimum Gasteiger partial charge on any atom is -0.457 e. The van der Waals surface area contributed by atoms with E-state index in [9.17, 15) is 4.79 Å². The number of thiocarbonyl (C=S) groups is 1. The second-order valence-electron chi connectivity index (χ2n) is 8.29. The van der Waals surface area contributed by atoms with Crippen molar-refractivity contribution in [3.05, 3.63) is 99.2 Å². The summed E-state index contributed by atoms with van der Waals surface area (Å²) in [5.41, 5.74) is 4.37. The standard InChI is InChI=1S/C28H18Cl3N3O3S/c1-15-2-9-25-23(12-15)33-27(37-25)20-14-17(4-8-21(20)30)32-28(38)34-26(35)11-6-18-5-10-24(36-18)19-7-3-16(29)13-22(19)31/h2-14H,1H3,(H2,32,34,35,38)/b11-6+. The van der Waals surface area contributed by atoms with Crippen molar-refractivity contribution in [2.75, 3.05) is 5.32 Å². The zero-order valence-corrected chi connectivity index (χ0v) is 22.8. The van der Waals surface area contributed by atoms with E-state index in [2.05, 4.69) is 15.6 Å². The Balaban J connectivity index is 1.23. The number of halogens is 3. The molecule has 0 aliphatic rings. The number of hydrogen-bond donors (Lipinski definition) is 2. The number of aromatic nitrogens is 1. The summed E-state index contributed by atoms with van der Waals surface area (Å²) in [5, 5.41) is 7.14. The molecular formula is C28H18Cl3N3O3S. The first-order valence-electron chi connectivity index (χ1n) is 11.3. The molecular weight excluding hydrogens is 565 g/mol. The Bertz CT molecular complexity index is 1730. The number of carbonyl (C=O) groups excluding carboxylic acids is 1. The largest absolute Gasteiger partial charge is 0.457 e. The van der Waals surface area contributed by atoms with Gasteiger partial charge in [-0.25, -0.2) is 4.98 Å². The number of furan rings is 1. The lowest BCUT2D eigenvalue weighted by molar-refractivity contribution is -0.115. The minimum absolute atomic E-state index is 0.106. The molecule has 0 saturated heterocycles. The highest BCUT2D eigenvalue weighted by Crippen LogP contribution is 2.33. The SMILES string of the molecule is Cc1ccc2oc(-c3cc(NC(=S)NC(=O)/C=C/c4ccc(-c5ccc(Cl)cc5Cl)o4)ccc3Cl)nc2c1. The van der Waals surface area contributed by atoms with Gasteiger partial charge in [0.15, 0.2) is 10.7 Å².